The summed E-state index contributed by atoms with van der Waals surface area (Å²) in [5.41, 5.74) is 1.09. The Labute approximate surface area is 130 Å². The van der Waals surface area contributed by atoms with E-state index in [0.29, 0.717) is 11.3 Å². The molecule has 0 heterocycles. The van der Waals surface area contributed by atoms with E-state index in [1.54, 1.807) is 18.2 Å². The van der Waals surface area contributed by atoms with Crippen LogP contribution in [0.25, 0.3) is 10.8 Å². The zero-order chi connectivity index (χ0) is 15.4. The summed E-state index contributed by atoms with van der Waals surface area (Å²) < 4.78 is 24.8. The van der Waals surface area contributed by atoms with Crippen LogP contribution in [-0.4, -0.2) is 8.42 Å². The third kappa shape index (κ3) is 3.26. The van der Waals surface area contributed by atoms with E-state index in [0.717, 1.165) is 16.3 Å². The van der Waals surface area contributed by atoms with E-state index < -0.39 is 9.84 Å². The Bertz CT molecular complexity index is 910. The van der Waals surface area contributed by atoms with Gasteiger partial charge in [0.25, 0.3) is 0 Å². The monoisotopic (exact) mass is 308 g/mol. The molecule has 0 bridgehead atoms. The van der Waals surface area contributed by atoms with Gasteiger partial charge >= 0.3 is 0 Å². The number of hydrogen-bond acceptors (Lipinski definition) is 2. The molecule has 0 unspecified atom stereocenters. The molecule has 0 radical (unpaired) electrons. The maximum atomic E-state index is 12.4. The fraction of sp³-hybridized carbons (Fsp3) is 0.0526. The van der Waals surface area contributed by atoms with Gasteiger partial charge in [0, 0.05) is 5.41 Å². The predicted molar refractivity (Wildman–Crippen MR) is 90.4 cm³/mol. The van der Waals surface area contributed by atoms with Crippen molar-refractivity contribution in [2.45, 2.75) is 11.3 Å². The quantitative estimate of drug-likeness (QED) is 0.717. The van der Waals surface area contributed by atoms with E-state index in [-0.39, 0.29) is 0 Å². The van der Waals surface area contributed by atoms with Crippen LogP contribution in [-0.2, 0) is 16.3 Å². The van der Waals surface area contributed by atoms with Crippen LogP contribution >= 0.6 is 0 Å². The summed E-state index contributed by atoms with van der Waals surface area (Å²) in [4.78, 5) is 0.329. The van der Waals surface area contributed by atoms with Gasteiger partial charge in [-0.1, -0.05) is 66.7 Å². The maximum absolute atomic E-state index is 12.4. The number of hydrogen-bond donors (Lipinski definition) is 0. The highest BCUT2D eigenvalue weighted by Crippen LogP contribution is 2.20. The highest BCUT2D eigenvalue weighted by Gasteiger charge is 2.10. The van der Waals surface area contributed by atoms with E-state index in [1.165, 1.54) is 5.41 Å². The first kappa shape index (κ1) is 14.5. The molecule has 0 aliphatic rings. The van der Waals surface area contributed by atoms with Crippen LogP contribution in [0.4, 0.5) is 0 Å². The summed E-state index contributed by atoms with van der Waals surface area (Å²) in [5, 5.41) is 3.26. The van der Waals surface area contributed by atoms with Crippen molar-refractivity contribution in [2.24, 2.45) is 0 Å². The van der Waals surface area contributed by atoms with Gasteiger partial charge in [0.05, 0.1) is 4.90 Å². The molecule has 0 fully saturated rings. The van der Waals surface area contributed by atoms with Crippen LogP contribution in [0.2, 0.25) is 0 Å². The lowest BCUT2D eigenvalue weighted by Gasteiger charge is -2.02. The Balaban J connectivity index is 1.85. The number of rotatable bonds is 4. The molecule has 0 spiro atoms. The molecular weight excluding hydrogens is 292 g/mol. The molecule has 110 valence electrons. The first-order valence-electron chi connectivity index (χ1n) is 7.09. The average Bonchev–Trinajstić information content (AvgIpc) is 2.55. The Morgan fingerprint density at radius 2 is 1.45 bits per heavy atom. The first-order valence-corrected chi connectivity index (χ1v) is 8.64. The van der Waals surface area contributed by atoms with Gasteiger partial charge in [-0.25, -0.2) is 8.42 Å². The van der Waals surface area contributed by atoms with Crippen LogP contribution in [0.1, 0.15) is 5.56 Å². The van der Waals surface area contributed by atoms with Crippen LogP contribution in [0.5, 0.6) is 0 Å². The zero-order valence-electron chi connectivity index (χ0n) is 12.0. The van der Waals surface area contributed by atoms with E-state index in [2.05, 4.69) is 0 Å². The average molecular weight is 308 g/mol. The second kappa shape index (κ2) is 6.16. The summed E-state index contributed by atoms with van der Waals surface area (Å²) in [6.45, 7) is 0. The van der Waals surface area contributed by atoms with Crippen molar-refractivity contribution in [3.05, 3.63) is 89.8 Å². The number of fused-ring (bicyclic) bond motifs is 1. The van der Waals surface area contributed by atoms with Crippen molar-refractivity contribution in [1.29, 1.82) is 0 Å². The molecule has 0 atom stereocenters. The molecule has 0 amide bonds. The zero-order valence-corrected chi connectivity index (χ0v) is 12.8. The van der Waals surface area contributed by atoms with Crippen LogP contribution in [0.15, 0.2) is 89.2 Å². The van der Waals surface area contributed by atoms with Gasteiger partial charge in [-0.3, -0.25) is 0 Å². The molecule has 0 saturated heterocycles. The van der Waals surface area contributed by atoms with Gasteiger partial charge in [0.1, 0.15) is 0 Å². The Morgan fingerprint density at radius 1 is 0.773 bits per heavy atom. The largest absolute Gasteiger partial charge is 0.219 e. The van der Waals surface area contributed by atoms with Crippen molar-refractivity contribution in [3.8, 4) is 0 Å². The second-order valence-electron chi connectivity index (χ2n) is 5.12. The lowest BCUT2D eigenvalue weighted by molar-refractivity contribution is 0.604. The molecule has 0 saturated carbocycles. The minimum absolute atomic E-state index is 0.329. The smallest absolute Gasteiger partial charge is 0.199 e. The normalized spacial score (nSPS) is 12.0. The van der Waals surface area contributed by atoms with E-state index in [4.69, 9.17) is 0 Å². The van der Waals surface area contributed by atoms with Gasteiger partial charge < -0.3 is 0 Å². The number of allylic oxidation sites excluding steroid dienone is 1. The number of benzene rings is 3. The van der Waals surface area contributed by atoms with E-state index >= 15 is 0 Å². The van der Waals surface area contributed by atoms with Crippen molar-refractivity contribution >= 4 is 20.6 Å². The van der Waals surface area contributed by atoms with Crippen molar-refractivity contribution in [1.82, 2.24) is 0 Å². The van der Waals surface area contributed by atoms with Crippen molar-refractivity contribution in [3.63, 3.8) is 0 Å². The summed E-state index contributed by atoms with van der Waals surface area (Å²) in [7, 11) is -3.40. The standard InChI is InChI=1S/C19H16O2S/c20-22(21,14-6-9-16-7-2-1-3-8-16)19-13-12-17-10-4-5-11-18(17)15-19/h1-8,10-15H,9H2/b14-6+. The lowest BCUT2D eigenvalue weighted by Crippen LogP contribution is -1.96. The molecule has 22 heavy (non-hydrogen) atoms. The second-order valence-corrected chi connectivity index (χ2v) is 6.95. The Morgan fingerprint density at radius 3 is 2.23 bits per heavy atom. The van der Waals surface area contributed by atoms with Gasteiger partial charge in [-0.2, -0.15) is 0 Å². The number of sulfone groups is 1. The highest BCUT2D eigenvalue weighted by molar-refractivity contribution is 7.94. The van der Waals surface area contributed by atoms with Crippen molar-refractivity contribution < 1.29 is 8.42 Å². The van der Waals surface area contributed by atoms with Crippen molar-refractivity contribution in [2.75, 3.05) is 0 Å². The van der Waals surface area contributed by atoms with E-state index in [9.17, 15) is 8.42 Å². The molecule has 0 aliphatic carbocycles. The van der Waals surface area contributed by atoms with Crippen LogP contribution in [0, 0.1) is 0 Å². The molecule has 3 aromatic carbocycles. The minimum atomic E-state index is -3.40. The summed E-state index contributed by atoms with van der Waals surface area (Å²) in [6.07, 6.45) is 2.30. The molecule has 0 aromatic heterocycles. The summed E-state index contributed by atoms with van der Waals surface area (Å²) in [6, 6.07) is 22.7. The third-order valence-corrected chi connectivity index (χ3v) is 4.98. The molecule has 0 N–H and O–H groups in total. The molecule has 2 nitrogen and oxygen atoms in total. The summed E-state index contributed by atoms with van der Waals surface area (Å²) in [5.74, 6) is 0. The summed E-state index contributed by atoms with van der Waals surface area (Å²) >= 11 is 0. The fourth-order valence-electron chi connectivity index (χ4n) is 2.35. The van der Waals surface area contributed by atoms with Crippen LogP contribution < -0.4 is 0 Å². The Kier molecular flexibility index (Phi) is 4.07. The molecule has 3 heteroatoms. The third-order valence-electron chi connectivity index (χ3n) is 3.52. The lowest BCUT2D eigenvalue weighted by atomic mass is 10.1. The van der Waals surface area contributed by atoms with Gasteiger partial charge in [0.2, 0.25) is 0 Å². The first-order chi connectivity index (χ1) is 10.6. The molecule has 3 rings (SSSR count). The minimum Gasteiger partial charge on any atom is -0.219 e. The maximum Gasteiger partial charge on any atom is 0.199 e. The van der Waals surface area contributed by atoms with E-state index in [1.807, 2.05) is 60.7 Å². The highest BCUT2D eigenvalue weighted by atomic mass is 32.2. The van der Waals surface area contributed by atoms with Gasteiger partial charge in [-0.05, 0) is 34.9 Å². The molecule has 3 aromatic rings. The predicted octanol–water partition coefficient (Wildman–Crippen LogP) is 4.37. The Hall–Kier alpha value is -2.39. The van der Waals surface area contributed by atoms with Gasteiger partial charge in [-0.15, -0.1) is 0 Å². The van der Waals surface area contributed by atoms with Crippen LogP contribution in [0.3, 0.4) is 0 Å². The molecule has 0 aliphatic heterocycles. The SMILES string of the molecule is O=S(=O)(/C=C/Cc1ccccc1)c1ccc2ccccc2c1. The molecular formula is C19H16O2S. The fourth-order valence-corrected chi connectivity index (χ4v) is 3.40. The van der Waals surface area contributed by atoms with Gasteiger partial charge in [0.15, 0.2) is 9.84 Å². The topological polar surface area (TPSA) is 34.1 Å².